The summed E-state index contributed by atoms with van der Waals surface area (Å²) in [6.45, 7) is 7.27. The number of guanidine groups is 1. The van der Waals surface area contributed by atoms with Crippen molar-refractivity contribution in [3.63, 3.8) is 0 Å². The Morgan fingerprint density at radius 2 is 2.04 bits per heavy atom. The van der Waals surface area contributed by atoms with Crippen molar-refractivity contribution in [3.05, 3.63) is 29.8 Å². The number of aliphatic imine (C=N–C) groups is 1. The highest BCUT2D eigenvalue weighted by Gasteiger charge is 2.27. The Kier molecular flexibility index (Phi) is 10.3. The number of anilines is 1. The maximum Gasteiger partial charge on any atom is 0.191 e. The second-order valence-electron chi connectivity index (χ2n) is 6.88. The summed E-state index contributed by atoms with van der Waals surface area (Å²) in [5, 5.41) is 6.67. The van der Waals surface area contributed by atoms with E-state index in [1.165, 1.54) is 18.2 Å². The van der Waals surface area contributed by atoms with Crippen LogP contribution in [-0.2, 0) is 0 Å². The molecule has 0 radical (unpaired) electrons. The Morgan fingerprint density at radius 3 is 2.63 bits per heavy atom. The van der Waals surface area contributed by atoms with Crippen molar-refractivity contribution < 1.29 is 8.78 Å². The molecule has 2 atom stereocenters. The van der Waals surface area contributed by atoms with Crippen LogP contribution in [0.3, 0.4) is 0 Å². The van der Waals surface area contributed by atoms with Crippen molar-refractivity contribution in [2.75, 3.05) is 45.2 Å². The van der Waals surface area contributed by atoms with E-state index in [0.29, 0.717) is 19.1 Å². The zero-order chi connectivity index (χ0) is 19.1. The molecule has 1 aromatic rings. The topological polar surface area (TPSA) is 42.9 Å². The van der Waals surface area contributed by atoms with Crippen molar-refractivity contribution >= 4 is 35.6 Å². The fourth-order valence-corrected chi connectivity index (χ4v) is 3.14. The fourth-order valence-electron chi connectivity index (χ4n) is 3.14. The van der Waals surface area contributed by atoms with Gasteiger partial charge >= 0.3 is 0 Å². The number of hydrogen-bond donors (Lipinski definition) is 2. The first-order valence-electron chi connectivity index (χ1n) is 9.32. The third-order valence-electron chi connectivity index (χ3n) is 5.11. The summed E-state index contributed by atoms with van der Waals surface area (Å²) in [6.07, 6.45) is 1.93. The van der Waals surface area contributed by atoms with Crippen molar-refractivity contribution in [2.24, 2.45) is 4.99 Å². The highest BCUT2D eigenvalue weighted by Crippen LogP contribution is 2.26. The van der Waals surface area contributed by atoms with E-state index < -0.39 is 11.6 Å². The van der Waals surface area contributed by atoms with Gasteiger partial charge in [0.25, 0.3) is 0 Å². The Labute approximate surface area is 178 Å². The molecule has 0 aliphatic carbocycles. The molecular weight excluding hydrogens is 463 g/mol. The van der Waals surface area contributed by atoms with E-state index in [9.17, 15) is 8.78 Å². The van der Waals surface area contributed by atoms with Gasteiger partial charge in [-0.2, -0.15) is 0 Å². The minimum Gasteiger partial charge on any atom is -0.365 e. The van der Waals surface area contributed by atoms with E-state index in [2.05, 4.69) is 41.4 Å². The normalized spacial score (nSPS) is 18.4. The van der Waals surface area contributed by atoms with Crippen LogP contribution in [0.2, 0.25) is 0 Å². The Hall–Kier alpha value is -1.16. The van der Waals surface area contributed by atoms with Gasteiger partial charge in [0.1, 0.15) is 17.3 Å². The summed E-state index contributed by atoms with van der Waals surface area (Å²) in [5.74, 6) is -0.300. The van der Waals surface area contributed by atoms with Gasteiger partial charge in [-0.05, 0) is 38.9 Å². The largest absolute Gasteiger partial charge is 0.365 e. The van der Waals surface area contributed by atoms with Gasteiger partial charge < -0.3 is 20.4 Å². The third kappa shape index (κ3) is 6.74. The third-order valence-corrected chi connectivity index (χ3v) is 5.11. The van der Waals surface area contributed by atoms with E-state index in [-0.39, 0.29) is 35.7 Å². The number of hydrogen-bond acceptors (Lipinski definition) is 3. The highest BCUT2D eigenvalue weighted by molar-refractivity contribution is 14.0. The lowest BCUT2D eigenvalue weighted by Gasteiger charge is -2.24. The summed E-state index contributed by atoms with van der Waals surface area (Å²) >= 11 is 0. The molecule has 2 N–H and O–H groups in total. The van der Waals surface area contributed by atoms with E-state index in [0.717, 1.165) is 31.9 Å². The van der Waals surface area contributed by atoms with Gasteiger partial charge in [-0.15, -0.1) is 24.0 Å². The molecule has 154 valence electrons. The zero-order valence-electron chi connectivity index (χ0n) is 16.6. The number of nitrogens with zero attached hydrogens (tertiary/aromatic N) is 3. The fraction of sp³-hybridized carbons (Fsp3) is 0.632. The molecule has 0 bridgehead atoms. The summed E-state index contributed by atoms with van der Waals surface area (Å²) in [6, 6.07) is 4.64. The first kappa shape index (κ1) is 23.9. The van der Waals surface area contributed by atoms with Gasteiger partial charge in [0.05, 0.1) is 0 Å². The average Bonchev–Trinajstić information content (AvgIpc) is 3.07. The number of halogens is 3. The minimum atomic E-state index is -0.513. The van der Waals surface area contributed by atoms with Crippen LogP contribution in [0.15, 0.2) is 23.2 Å². The molecule has 1 fully saturated rings. The van der Waals surface area contributed by atoms with Crippen LogP contribution in [0.1, 0.15) is 26.7 Å². The molecule has 8 heteroatoms. The van der Waals surface area contributed by atoms with E-state index in [1.807, 2.05) is 0 Å². The first-order valence-corrected chi connectivity index (χ1v) is 9.32. The molecule has 27 heavy (non-hydrogen) atoms. The number of likely N-dealkylation sites (N-methyl/N-ethyl adjacent to an activating group) is 1. The minimum absolute atomic E-state index is 0. The Bertz CT molecular complexity index is 594. The monoisotopic (exact) mass is 495 g/mol. The predicted octanol–water partition coefficient (Wildman–Crippen LogP) is 3.06. The molecule has 0 spiro atoms. The molecule has 1 saturated heterocycles. The average molecular weight is 495 g/mol. The molecule has 2 unspecified atom stereocenters. The predicted molar refractivity (Wildman–Crippen MR) is 119 cm³/mol. The number of para-hydroxylation sites is 1. The number of rotatable bonds is 7. The second-order valence-corrected chi connectivity index (χ2v) is 6.88. The van der Waals surface area contributed by atoms with Crippen LogP contribution in [0.25, 0.3) is 0 Å². The molecule has 0 aromatic heterocycles. The van der Waals surface area contributed by atoms with Crippen molar-refractivity contribution in [1.82, 2.24) is 15.5 Å². The van der Waals surface area contributed by atoms with Gasteiger partial charge in [-0.3, -0.25) is 4.99 Å². The first-order chi connectivity index (χ1) is 12.5. The van der Waals surface area contributed by atoms with Gasteiger partial charge in [-0.1, -0.05) is 13.0 Å². The highest BCUT2D eigenvalue weighted by atomic mass is 127. The van der Waals surface area contributed by atoms with Crippen LogP contribution >= 0.6 is 24.0 Å². The SMILES string of the molecule is CCC(C)N(C)CCNC(=NC)NC1CCN(c2c(F)cccc2F)C1.I. The van der Waals surface area contributed by atoms with Crippen LogP contribution in [0, 0.1) is 11.6 Å². The van der Waals surface area contributed by atoms with E-state index >= 15 is 0 Å². The summed E-state index contributed by atoms with van der Waals surface area (Å²) in [5.41, 5.74) is 0.0647. The van der Waals surface area contributed by atoms with Gasteiger partial charge in [-0.25, -0.2) is 8.78 Å². The van der Waals surface area contributed by atoms with E-state index in [4.69, 9.17) is 0 Å². The maximum atomic E-state index is 14.0. The number of nitrogens with one attached hydrogen (secondary N) is 2. The molecule has 0 amide bonds. The van der Waals surface area contributed by atoms with E-state index in [1.54, 1.807) is 11.9 Å². The Balaban J connectivity index is 0.00000364. The molecule has 0 saturated carbocycles. The summed E-state index contributed by atoms with van der Waals surface area (Å²) in [7, 11) is 3.85. The van der Waals surface area contributed by atoms with Crippen LogP contribution in [0.4, 0.5) is 14.5 Å². The van der Waals surface area contributed by atoms with Crippen LogP contribution in [-0.4, -0.2) is 63.2 Å². The van der Waals surface area contributed by atoms with Gasteiger partial charge in [0, 0.05) is 45.3 Å². The summed E-state index contributed by atoms with van der Waals surface area (Å²) in [4.78, 5) is 8.32. The smallest absolute Gasteiger partial charge is 0.191 e. The molecule has 2 rings (SSSR count). The van der Waals surface area contributed by atoms with Crippen molar-refractivity contribution in [1.29, 1.82) is 0 Å². The second kappa shape index (κ2) is 11.6. The van der Waals surface area contributed by atoms with Gasteiger partial charge in [0.15, 0.2) is 5.96 Å². The molecule has 1 aliphatic heterocycles. The molecule has 5 nitrogen and oxygen atoms in total. The molecular formula is C19H32F2IN5. The summed E-state index contributed by atoms with van der Waals surface area (Å²) < 4.78 is 27.9. The van der Waals surface area contributed by atoms with Crippen LogP contribution < -0.4 is 15.5 Å². The van der Waals surface area contributed by atoms with Crippen LogP contribution in [0.5, 0.6) is 0 Å². The standard InChI is InChI=1S/C19H31F2N5.HI/c1-5-14(2)25(4)12-10-23-19(22-3)24-15-9-11-26(13-15)18-16(20)7-6-8-17(18)21;/h6-8,14-15H,5,9-13H2,1-4H3,(H2,22,23,24);1H. The molecule has 1 heterocycles. The number of benzene rings is 1. The molecule has 1 aromatic carbocycles. The molecule has 1 aliphatic rings. The maximum absolute atomic E-state index is 14.0. The lowest BCUT2D eigenvalue weighted by Crippen LogP contribution is -2.47. The lowest BCUT2D eigenvalue weighted by molar-refractivity contribution is 0.255. The lowest BCUT2D eigenvalue weighted by atomic mass is 10.2. The van der Waals surface area contributed by atoms with Crippen molar-refractivity contribution in [2.45, 2.75) is 38.8 Å². The quantitative estimate of drug-likeness (QED) is 0.347. The van der Waals surface area contributed by atoms with Crippen molar-refractivity contribution in [3.8, 4) is 0 Å². The Morgan fingerprint density at radius 1 is 1.37 bits per heavy atom. The zero-order valence-corrected chi connectivity index (χ0v) is 19.0. The van der Waals surface area contributed by atoms with Gasteiger partial charge in [0.2, 0.25) is 0 Å².